The third-order valence-electron chi connectivity index (χ3n) is 3.29. The Labute approximate surface area is 146 Å². The number of nitrogens with zero attached hydrogens (tertiary/aromatic N) is 1. The van der Waals surface area contributed by atoms with Gasteiger partial charge in [-0.3, -0.25) is 9.59 Å². The Hall–Kier alpha value is -2.38. The molecular formula is C17H9F2NO2S2. The molecule has 0 aromatic heterocycles. The number of thioether (sulfide) groups is 1. The minimum Gasteiger partial charge on any atom is -0.268 e. The number of thiocarbonyl (C=S) groups is 1. The van der Waals surface area contributed by atoms with E-state index in [1.807, 2.05) is 0 Å². The number of amides is 2. The van der Waals surface area contributed by atoms with Gasteiger partial charge in [0.2, 0.25) is 0 Å². The molecule has 120 valence electrons. The molecule has 0 N–H and O–H groups in total. The predicted octanol–water partition coefficient (Wildman–Crippen LogP) is 4.01. The Kier molecular flexibility index (Phi) is 4.55. The van der Waals surface area contributed by atoms with E-state index >= 15 is 0 Å². The smallest absolute Gasteiger partial charge is 0.268 e. The van der Waals surface area contributed by atoms with E-state index in [1.165, 1.54) is 42.5 Å². The second kappa shape index (κ2) is 6.62. The lowest BCUT2D eigenvalue weighted by atomic mass is 10.1. The van der Waals surface area contributed by atoms with Crippen molar-refractivity contribution in [2.24, 2.45) is 0 Å². The van der Waals surface area contributed by atoms with Crippen LogP contribution in [0.5, 0.6) is 0 Å². The van der Waals surface area contributed by atoms with Crippen LogP contribution in [-0.2, 0) is 4.79 Å². The van der Waals surface area contributed by atoms with Gasteiger partial charge in [-0.05, 0) is 24.3 Å². The molecule has 3 nitrogen and oxygen atoms in total. The first-order valence-electron chi connectivity index (χ1n) is 6.80. The molecule has 3 rings (SSSR count). The average Bonchev–Trinajstić information content (AvgIpc) is 2.83. The Balaban J connectivity index is 1.94. The summed E-state index contributed by atoms with van der Waals surface area (Å²) in [5, 5.41) is 0. The summed E-state index contributed by atoms with van der Waals surface area (Å²) < 4.78 is 27.5. The van der Waals surface area contributed by atoms with Crippen LogP contribution < -0.4 is 0 Å². The number of halogens is 2. The van der Waals surface area contributed by atoms with E-state index in [4.69, 9.17) is 12.2 Å². The molecule has 1 fully saturated rings. The molecule has 1 heterocycles. The van der Waals surface area contributed by atoms with Crippen molar-refractivity contribution < 1.29 is 18.4 Å². The fourth-order valence-corrected chi connectivity index (χ4v) is 3.38. The van der Waals surface area contributed by atoms with E-state index in [9.17, 15) is 18.4 Å². The van der Waals surface area contributed by atoms with Gasteiger partial charge in [-0.15, -0.1) is 0 Å². The highest BCUT2D eigenvalue weighted by Crippen LogP contribution is 2.34. The molecular weight excluding hydrogens is 352 g/mol. The highest BCUT2D eigenvalue weighted by molar-refractivity contribution is 8.26. The molecule has 0 saturated carbocycles. The normalized spacial score (nSPS) is 16.1. The molecule has 1 saturated heterocycles. The van der Waals surface area contributed by atoms with Crippen LogP contribution in [0.4, 0.5) is 8.78 Å². The lowest BCUT2D eigenvalue weighted by Gasteiger charge is -2.12. The lowest BCUT2D eigenvalue weighted by Crippen LogP contribution is -2.35. The van der Waals surface area contributed by atoms with Crippen LogP contribution in [-0.4, -0.2) is 21.0 Å². The van der Waals surface area contributed by atoms with Gasteiger partial charge in [-0.25, -0.2) is 13.7 Å². The minimum absolute atomic E-state index is 0.0177. The summed E-state index contributed by atoms with van der Waals surface area (Å²) in [6.07, 6.45) is 1.32. The molecule has 0 spiro atoms. The molecule has 2 aromatic rings. The molecule has 1 aliphatic rings. The van der Waals surface area contributed by atoms with Crippen LogP contribution >= 0.6 is 24.0 Å². The van der Waals surface area contributed by atoms with Crippen molar-refractivity contribution in [2.45, 2.75) is 0 Å². The van der Waals surface area contributed by atoms with Gasteiger partial charge in [0.15, 0.2) is 4.32 Å². The van der Waals surface area contributed by atoms with Crippen molar-refractivity contribution in [3.8, 4) is 0 Å². The fraction of sp³-hybridized carbons (Fsp3) is 0. The van der Waals surface area contributed by atoms with Gasteiger partial charge in [0, 0.05) is 5.56 Å². The van der Waals surface area contributed by atoms with Crippen molar-refractivity contribution in [3.05, 3.63) is 76.2 Å². The zero-order valence-corrected chi connectivity index (χ0v) is 13.7. The standard InChI is InChI=1S/C17H9F2NO2S2/c18-12-7-3-1-5-10(12)9-14-16(22)20(17(23)24-14)15(21)11-6-2-4-8-13(11)19/h1-9H/b14-9+. The Morgan fingerprint density at radius 1 is 1.04 bits per heavy atom. The molecule has 0 bridgehead atoms. The fourth-order valence-electron chi connectivity index (χ4n) is 2.13. The number of hydrogen-bond donors (Lipinski definition) is 0. The summed E-state index contributed by atoms with van der Waals surface area (Å²) >= 11 is 5.93. The Bertz CT molecular complexity index is 896. The van der Waals surface area contributed by atoms with Crippen LogP contribution in [0.25, 0.3) is 6.08 Å². The van der Waals surface area contributed by atoms with Gasteiger partial charge in [0.25, 0.3) is 11.8 Å². The van der Waals surface area contributed by atoms with E-state index in [0.29, 0.717) is 0 Å². The van der Waals surface area contributed by atoms with E-state index in [-0.39, 0.29) is 20.4 Å². The van der Waals surface area contributed by atoms with Crippen LogP contribution in [0.3, 0.4) is 0 Å². The predicted molar refractivity (Wildman–Crippen MR) is 92.1 cm³/mol. The SMILES string of the molecule is O=C1/C(=C\c2ccccc2F)SC(=S)N1C(=O)c1ccccc1F. The number of carbonyl (C=O) groups is 2. The van der Waals surface area contributed by atoms with E-state index < -0.39 is 23.4 Å². The number of imide groups is 1. The van der Waals surface area contributed by atoms with Crippen LogP contribution in [0.1, 0.15) is 15.9 Å². The highest BCUT2D eigenvalue weighted by Gasteiger charge is 2.38. The first-order valence-corrected chi connectivity index (χ1v) is 8.03. The van der Waals surface area contributed by atoms with E-state index in [2.05, 4.69) is 0 Å². The van der Waals surface area contributed by atoms with E-state index in [0.717, 1.165) is 22.7 Å². The molecule has 24 heavy (non-hydrogen) atoms. The second-order valence-electron chi connectivity index (χ2n) is 4.82. The Morgan fingerprint density at radius 3 is 2.33 bits per heavy atom. The molecule has 2 amide bonds. The zero-order valence-electron chi connectivity index (χ0n) is 12.0. The second-order valence-corrected chi connectivity index (χ2v) is 6.50. The first kappa shape index (κ1) is 16.5. The van der Waals surface area contributed by atoms with Crippen LogP contribution in [0.2, 0.25) is 0 Å². The maximum absolute atomic E-state index is 13.8. The lowest BCUT2D eigenvalue weighted by molar-refractivity contribution is -0.120. The Morgan fingerprint density at radius 2 is 1.67 bits per heavy atom. The molecule has 0 aliphatic carbocycles. The summed E-state index contributed by atoms with van der Waals surface area (Å²) in [5.74, 6) is -2.77. The number of rotatable bonds is 2. The van der Waals surface area contributed by atoms with Crippen molar-refractivity contribution >= 4 is 46.2 Å². The van der Waals surface area contributed by atoms with Crippen LogP contribution in [0.15, 0.2) is 53.4 Å². The first-order chi connectivity index (χ1) is 11.5. The quantitative estimate of drug-likeness (QED) is 0.460. The topological polar surface area (TPSA) is 37.4 Å². The molecule has 0 radical (unpaired) electrons. The third kappa shape index (κ3) is 3.00. The molecule has 7 heteroatoms. The summed E-state index contributed by atoms with van der Waals surface area (Å²) in [4.78, 5) is 25.7. The summed E-state index contributed by atoms with van der Waals surface area (Å²) in [7, 11) is 0. The van der Waals surface area contributed by atoms with Gasteiger partial charge in [0.05, 0.1) is 10.5 Å². The van der Waals surface area contributed by atoms with Gasteiger partial charge < -0.3 is 0 Å². The van der Waals surface area contributed by atoms with Crippen molar-refractivity contribution in [1.82, 2.24) is 4.90 Å². The van der Waals surface area contributed by atoms with Gasteiger partial charge in [-0.1, -0.05) is 54.3 Å². The largest absolute Gasteiger partial charge is 0.273 e. The van der Waals surface area contributed by atoms with Gasteiger partial charge in [-0.2, -0.15) is 0 Å². The molecule has 1 aliphatic heterocycles. The maximum atomic E-state index is 13.8. The monoisotopic (exact) mass is 361 g/mol. The van der Waals surface area contributed by atoms with Crippen molar-refractivity contribution in [1.29, 1.82) is 0 Å². The molecule has 0 unspecified atom stereocenters. The zero-order chi connectivity index (χ0) is 17.3. The summed E-state index contributed by atoms with van der Waals surface area (Å²) in [5.41, 5.74) is -0.0442. The van der Waals surface area contributed by atoms with Crippen molar-refractivity contribution in [2.75, 3.05) is 0 Å². The highest BCUT2D eigenvalue weighted by atomic mass is 32.2. The van der Waals surface area contributed by atoms with Crippen molar-refractivity contribution in [3.63, 3.8) is 0 Å². The third-order valence-corrected chi connectivity index (χ3v) is 4.60. The minimum atomic E-state index is -0.840. The number of benzene rings is 2. The molecule has 0 atom stereocenters. The number of carbonyl (C=O) groups excluding carboxylic acids is 2. The summed E-state index contributed by atoms with van der Waals surface area (Å²) in [6.45, 7) is 0. The number of hydrogen-bond acceptors (Lipinski definition) is 4. The average molecular weight is 361 g/mol. The molecule has 2 aromatic carbocycles. The van der Waals surface area contributed by atoms with E-state index in [1.54, 1.807) is 6.07 Å². The van der Waals surface area contributed by atoms with Crippen LogP contribution in [0, 0.1) is 11.6 Å². The summed E-state index contributed by atoms with van der Waals surface area (Å²) in [6, 6.07) is 11.2. The maximum Gasteiger partial charge on any atom is 0.273 e. The van der Waals surface area contributed by atoms with Gasteiger partial charge in [0.1, 0.15) is 11.6 Å². The van der Waals surface area contributed by atoms with Gasteiger partial charge >= 0.3 is 0 Å².